The van der Waals surface area contributed by atoms with Gasteiger partial charge in [-0.1, -0.05) is 42.5 Å². The van der Waals surface area contributed by atoms with Gasteiger partial charge < -0.3 is 4.74 Å². The zero-order valence-electron chi connectivity index (χ0n) is 9.52. The molecule has 0 heterocycles. The van der Waals surface area contributed by atoms with Crippen molar-refractivity contribution in [3.8, 4) is 0 Å². The molecule has 0 bridgehead atoms. The largest absolute Gasteiger partial charge is 0.467 e. The van der Waals surface area contributed by atoms with Crippen molar-refractivity contribution in [2.24, 2.45) is 0 Å². The summed E-state index contributed by atoms with van der Waals surface area (Å²) in [6.45, 7) is 0. The molecule has 2 aromatic carbocycles. The van der Waals surface area contributed by atoms with Crippen molar-refractivity contribution in [1.82, 2.24) is 0 Å². The van der Waals surface area contributed by atoms with Crippen LogP contribution in [0.25, 0.3) is 10.8 Å². The van der Waals surface area contributed by atoms with Crippen LogP contribution in [0.15, 0.2) is 42.5 Å². The van der Waals surface area contributed by atoms with Crippen LogP contribution in [0.4, 0.5) is 4.39 Å². The highest BCUT2D eigenvalue weighted by molar-refractivity contribution is 5.83. The third-order valence-electron chi connectivity index (χ3n) is 2.69. The average molecular weight is 232 g/mol. The van der Waals surface area contributed by atoms with E-state index in [0.717, 1.165) is 16.3 Å². The summed E-state index contributed by atoms with van der Waals surface area (Å²) < 4.78 is 17.8. The van der Waals surface area contributed by atoms with Gasteiger partial charge >= 0.3 is 5.97 Å². The number of hydrogen-bond acceptors (Lipinski definition) is 2. The Bertz CT molecular complexity index is 536. The molecule has 0 amide bonds. The van der Waals surface area contributed by atoms with Crippen LogP contribution in [0.2, 0.25) is 0 Å². The molecule has 0 aromatic heterocycles. The summed E-state index contributed by atoms with van der Waals surface area (Å²) in [6, 6.07) is 13.5. The first-order chi connectivity index (χ1) is 8.20. The fourth-order valence-electron chi connectivity index (χ4n) is 1.78. The molecule has 0 aliphatic heterocycles. The Morgan fingerprint density at radius 3 is 2.65 bits per heavy atom. The minimum Gasteiger partial charge on any atom is -0.467 e. The van der Waals surface area contributed by atoms with Crippen molar-refractivity contribution in [3.63, 3.8) is 0 Å². The maximum atomic E-state index is 13.4. The SMILES string of the molecule is COC(=O)C(F)Cc1ccc2ccccc2c1. The van der Waals surface area contributed by atoms with Crippen molar-refractivity contribution in [2.75, 3.05) is 7.11 Å². The number of hydrogen-bond donors (Lipinski definition) is 0. The second-order valence-electron chi connectivity index (χ2n) is 3.88. The summed E-state index contributed by atoms with van der Waals surface area (Å²) in [4.78, 5) is 11.0. The number of methoxy groups -OCH3 is 1. The number of halogens is 1. The van der Waals surface area contributed by atoms with Gasteiger partial charge in [-0.3, -0.25) is 0 Å². The summed E-state index contributed by atoms with van der Waals surface area (Å²) in [7, 11) is 1.19. The first-order valence-electron chi connectivity index (χ1n) is 5.40. The minimum absolute atomic E-state index is 0.0531. The molecule has 0 radical (unpaired) electrons. The highest BCUT2D eigenvalue weighted by Crippen LogP contribution is 2.17. The summed E-state index contributed by atoms with van der Waals surface area (Å²) >= 11 is 0. The van der Waals surface area contributed by atoms with Crippen LogP contribution < -0.4 is 0 Å². The quantitative estimate of drug-likeness (QED) is 0.760. The molecule has 0 saturated carbocycles. The summed E-state index contributed by atoms with van der Waals surface area (Å²) in [6.07, 6.45) is -1.54. The van der Waals surface area contributed by atoms with Crippen molar-refractivity contribution >= 4 is 16.7 Å². The highest BCUT2D eigenvalue weighted by atomic mass is 19.1. The van der Waals surface area contributed by atoms with Crippen LogP contribution >= 0.6 is 0 Å². The van der Waals surface area contributed by atoms with E-state index in [0.29, 0.717) is 0 Å². The Balaban J connectivity index is 2.22. The maximum absolute atomic E-state index is 13.4. The number of rotatable bonds is 3. The van der Waals surface area contributed by atoms with E-state index < -0.39 is 12.1 Å². The normalized spacial score (nSPS) is 12.4. The van der Waals surface area contributed by atoms with E-state index in [1.54, 1.807) is 0 Å². The Hall–Kier alpha value is -1.90. The van der Waals surface area contributed by atoms with Crippen LogP contribution in [0.3, 0.4) is 0 Å². The topological polar surface area (TPSA) is 26.3 Å². The van der Waals surface area contributed by atoms with E-state index >= 15 is 0 Å². The van der Waals surface area contributed by atoms with E-state index in [4.69, 9.17) is 0 Å². The number of alkyl halides is 1. The summed E-state index contributed by atoms with van der Waals surface area (Å²) in [5.41, 5.74) is 0.793. The van der Waals surface area contributed by atoms with Crippen molar-refractivity contribution < 1.29 is 13.9 Å². The fraction of sp³-hybridized carbons (Fsp3) is 0.214. The van der Waals surface area contributed by atoms with Crippen LogP contribution in [-0.2, 0) is 16.0 Å². The molecule has 0 spiro atoms. The van der Waals surface area contributed by atoms with Gasteiger partial charge in [0.25, 0.3) is 0 Å². The van der Waals surface area contributed by atoms with Crippen molar-refractivity contribution in [1.29, 1.82) is 0 Å². The number of benzene rings is 2. The van der Waals surface area contributed by atoms with Gasteiger partial charge in [-0.15, -0.1) is 0 Å². The fourth-order valence-corrected chi connectivity index (χ4v) is 1.78. The van der Waals surface area contributed by atoms with Crippen LogP contribution in [0.5, 0.6) is 0 Å². The highest BCUT2D eigenvalue weighted by Gasteiger charge is 2.18. The smallest absolute Gasteiger partial charge is 0.340 e. The van der Waals surface area contributed by atoms with Gasteiger partial charge in [-0.25, -0.2) is 9.18 Å². The molecule has 0 aliphatic carbocycles. The van der Waals surface area contributed by atoms with E-state index in [1.807, 2.05) is 42.5 Å². The van der Waals surface area contributed by atoms with E-state index in [2.05, 4.69) is 4.74 Å². The van der Waals surface area contributed by atoms with Gasteiger partial charge in [0, 0.05) is 6.42 Å². The van der Waals surface area contributed by atoms with Gasteiger partial charge in [-0.2, -0.15) is 0 Å². The maximum Gasteiger partial charge on any atom is 0.340 e. The minimum atomic E-state index is -1.60. The number of carbonyl (C=O) groups excluding carboxylic acids is 1. The second-order valence-corrected chi connectivity index (χ2v) is 3.88. The molecule has 1 unspecified atom stereocenters. The standard InChI is InChI=1S/C14H13FO2/c1-17-14(16)13(15)9-10-6-7-11-4-2-3-5-12(11)8-10/h2-8,13H,9H2,1H3. The van der Waals surface area contributed by atoms with Crippen molar-refractivity contribution in [3.05, 3.63) is 48.0 Å². The summed E-state index contributed by atoms with van der Waals surface area (Å²) in [5.74, 6) is -0.821. The molecule has 88 valence electrons. The molecular formula is C14H13FO2. The monoisotopic (exact) mass is 232 g/mol. The Morgan fingerprint density at radius 1 is 1.24 bits per heavy atom. The van der Waals surface area contributed by atoms with E-state index in [9.17, 15) is 9.18 Å². The first-order valence-corrected chi connectivity index (χ1v) is 5.40. The van der Waals surface area contributed by atoms with Gasteiger partial charge in [0.15, 0.2) is 0 Å². The Kier molecular flexibility index (Phi) is 3.38. The zero-order chi connectivity index (χ0) is 12.3. The lowest BCUT2D eigenvalue weighted by Crippen LogP contribution is -2.19. The molecule has 2 nitrogen and oxygen atoms in total. The first kappa shape index (κ1) is 11.6. The molecule has 2 rings (SSSR count). The van der Waals surface area contributed by atoms with E-state index in [-0.39, 0.29) is 6.42 Å². The molecule has 2 aromatic rings. The van der Waals surface area contributed by atoms with Gasteiger partial charge in [0.2, 0.25) is 6.17 Å². The summed E-state index contributed by atoms with van der Waals surface area (Å²) in [5, 5.41) is 2.15. The molecule has 0 fully saturated rings. The lowest BCUT2D eigenvalue weighted by atomic mass is 10.0. The third-order valence-corrected chi connectivity index (χ3v) is 2.69. The lowest BCUT2D eigenvalue weighted by Gasteiger charge is -2.07. The molecule has 0 saturated heterocycles. The molecule has 1 atom stereocenters. The van der Waals surface area contributed by atoms with Crippen molar-refractivity contribution in [2.45, 2.75) is 12.6 Å². The van der Waals surface area contributed by atoms with Crippen LogP contribution in [0, 0.1) is 0 Å². The molecule has 17 heavy (non-hydrogen) atoms. The van der Waals surface area contributed by atoms with Gasteiger partial charge in [-0.05, 0) is 16.3 Å². The lowest BCUT2D eigenvalue weighted by molar-refractivity contribution is -0.146. The van der Waals surface area contributed by atoms with Gasteiger partial charge in [0.05, 0.1) is 7.11 Å². The Morgan fingerprint density at radius 2 is 1.94 bits per heavy atom. The second kappa shape index (κ2) is 4.95. The Labute approximate surface area is 99.0 Å². The zero-order valence-corrected chi connectivity index (χ0v) is 9.52. The van der Waals surface area contributed by atoms with Gasteiger partial charge in [0.1, 0.15) is 0 Å². The molecule has 0 aliphatic rings. The van der Waals surface area contributed by atoms with Crippen LogP contribution in [-0.4, -0.2) is 19.3 Å². The predicted molar refractivity (Wildman–Crippen MR) is 64.6 cm³/mol. The number of fused-ring (bicyclic) bond motifs is 1. The molecule has 0 N–H and O–H groups in total. The van der Waals surface area contributed by atoms with E-state index in [1.165, 1.54) is 7.11 Å². The predicted octanol–water partition coefficient (Wildman–Crippen LogP) is 2.89. The molecular weight excluding hydrogens is 219 g/mol. The molecule has 3 heteroatoms. The average Bonchev–Trinajstić information content (AvgIpc) is 2.37. The number of ether oxygens (including phenoxy) is 1. The van der Waals surface area contributed by atoms with Crippen LogP contribution in [0.1, 0.15) is 5.56 Å². The third kappa shape index (κ3) is 2.61. The number of esters is 1. The number of carbonyl (C=O) groups is 1.